The number of nitrogens with zero attached hydrogens (tertiary/aromatic N) is 5. The average Bonchev–Trinajstić information content (AvgIpc) is 2.70. The number of hydrogen-bond donors (Lipinski definition) is 0. The van der Waals surface area contributed by atoms with Gasteiger partial charge in [0.05, 0.1) is 18.9 Å². The average molecular weight is 319 g/mol. The van der Waals surface area contributed by atoms with Crippen LogP contribution in [0.5, 0.6) is 0 Å². The van der Waals surface area contributed by atoms with Gasteiger partial charge in [-0.05, 0) is 24.3 Å². The first-order chi connectivity index (χ1) is 11.9. The maximum absolute atomic E-state index is 5.45. The van der Waals surface area contributed by atoms with E-state index in [1.54, 1.807) is 18.6 Å². The molecule has 120 valence electrons. The summed E-state index contributed by atoms with van der Waals surface area (Å²) in [6.07, 6.45) is 7.09. The standard InChI is InChI=1S/C18H17N5O/c1-2-15(13-20-5-1)16-12-17(23-8-10-24-11-9-23)22-18(21-16)14-3-6-19-7-4-14/h1-7,12-13H,8-11H2. The van der Waals surface area contributed by atoms with Gasteiger partial charge in [-0.3, -0.25) is 9.97 Å². The summed E-state index contributed by atoms with van der Waals surface area (Å²) < 4.78 is 5.45. The fraction of sp³-hybridized carbons (Fsp3) is 0.222. The van der Waals surface area contributed by atoms with Crippen molar-refractivity contribution in [2.24, 2.45) is 0 Å². The van der Waals surface area contributed by atoms with Crippen molar-refractivity contribution in [3.05, 3.63) is 55.1 Å². The minimum absolute atomic E-state index is 0.695. The lowest BCUT2D eigenvalue weighted by molar-refractivity contribution is 0.122. The topological polar surface area (TPSA) is 64.0 Å². The lowest BCUT2D eigenvalue weighted by Gasteiger charge is -2.28. The quantitative estimate of drug-likeness (QED) is 0.739. The predicted octanol–water partition coefficient (Wildman–Crippen LogP) is 2.44. The first-order valence-corrected chi connectivity index (χ1v) is 7.93. The molecule has 6 heteroatoms. The van der Waals surface area contributed by atoms with Gasteiger partial charge in [0.2, 0.25) is 0 Å². The molecule has 1 aliphatic rings. The molecular weight excluding hydrogens is 302 g/mol. The van der Waals surface area contributed by atoms with Crippen LogP contribution < -0.4 is 4.90 Å². The Hall–Kier alpha value is -2.86. The summed E-state index contributed by atoms with van der Waals surface area (Å²) >= 11 is 0. The van der Waals surface area contributed by atoms with Gasteiger partial charge in [-0.15, -0.1) is 0 Å². The van der Waals surface area contributed by atoms with Crippen LogP contribution in [-0.2, 0) is 4.74 Å². The summed E-state index contributed by atoms with van der Waals surface area (Å²) in [6.45, 7) is 3.10. The van der Waals surface area contributed by atoms with Gasteiger partial charge in [-0.2, -0.15) is 0 Å². The second-order valence-electron chi connectivity index (χ2n) is 5.51. The second-order valence-corrected chi connectivity index (χ2v) is 5.51. The Bertz CT molecular complexity index is 746. The van der Waals surface area contributed by atoms with Crippen molar-refractivity contribution in [2.45, 2.75) is 0 Å². The Kier molecular flexibility index (Phi) is 4.12. The van der Waals surface area contributed by atoms with Gasteiger partial charge >= 0.3 is 0 Å². The molecule has 0 amide bonds. The van der Waals surface area contributed by atoms with E-state index in [4.69, 9.17) is 14.7 Å². The molecule has 1 fully saturated rings. The molecule has 0 saturated carbocycles. The summed E-state index contributed by atoms with van der Waals surface area (Å²) in [4.78, 5) is 20.0. The fourth-order valence-corrected chi connectivity index (χ4v) is 2.68. The van der Waals surface area contributed by atoms with Gasteiger partial charge in [-0.25, -0.2) is 9.97 Å². The summed E-state index contributed by atoms with van der Waals surface area (Å²) in [5.74, 6) is 1.61. The first kappa shape index (κ1) is 14.7. The van der Waals surface area contributed by atoms with E-state index in [1.165, 1.54) is 0 Å². The molecule has 6 nitrogen and oxygen atoms in total. The van der Waals surface area contributed by atoms with Crippen molar-refractivity contribution in [3.63, 3.8) is 0 Å². The molecule has 3 aromatic rings. The van der Waals surface area contributed by atoms with E-state index in [9.17, 15) is 0 Å². The van der Waals surface area contributed by atoms with Crippen LogP contribution in [0, 0.1) is 0 Å². The van der Waals surface area contributed by atoms with Crippen LogP contribution in [0.1, 0.15) is 0 Å². The molecule has 0 N–H and O–H groups in total. The zero-order valence-electron chi connectivity index (χ0n) is 13.2. The van der Waals surface area contributed by atoms with Crippen LogP contribution in [0.3, 0.4) is 0 Å². The molecule has 1 saturated heterocycles. The number of morpholine rings is 1. The summed E-state index contributed by atoms with van der Waals surface area (Å²) in [5, 5.41) is 0. The normalized spacial score (nSPS) is 14.6. The Morgan fingerprint density at radius 2 is 1.71 bits per heavy atom. The molecule has 24 heavy (non-hydrogen) atoms. The largest absolute Gasteiger partial charge is 0.378 e. The van der Waals surface area contributed by atoms with Crippen LogP contribution in [0.15, 0.2) is 55.1 Å². The van der Waals surface area contributed by atoms with Crippen LogP contribution in [0.2, 0.25) is 0 Å². The first-order valence-electron chi connectivity index (χ1n) is 7.93. The lowest BCUT2D eigenvalue weighted by Crippen LogP contribution is -2.36. The zero-order valence-corrected chi connectivity index (χ0v) is 13.2. The van der Waals surface area contributed by atoms with Gasteiger partial charge in [0, 0.05) is 55.1 Å². The molecule has 0 unspecified atom stereocenters. The second kappa shape index (κ2) is 6.72. The molecule has 4 heterocycles. The van der Waals surface area contributed by atoms with E-state index in [2.05, 4.69) is 14.9 Å². The summed E-state index contributed by atoms with van der Waals surface area (Å²) in [6, 6.07) is 9.79. The van der Waals surface area contributed by atoms with E-state index in [-0.39, 0.29) is 0 Å². The highest BCUT2D eigenvalue weighted by molar-refractivity contribution is 5.67. The number of hydrogen-bond acceptors (Lipinski definition) is 6. The number of ether oxygens (including phenoxy) is 1. The highest BCUT2D eigenvalue weighted by Gasteiger charge is 2.16. The highest BCUT2D eigenvalue weighted by Crippen LogP contribution is 2.25. The van der Waals surface area contributed by atoms with Crippen LogP contribution in [-0.4, -0.2) is 46.2 Å². The van der Waals surface area contributed by atoms with E-state index in [1.807, 2.05) is 36.5 Å². The van der Waals surface area contributed by atoms with E-state index in [0.29, 0.717) is 5.82 Å². The van der Waals surface area contributed by atoms with Gasteiger partial charge in [0.25, 0.3) is 0 Å². The highest BCUT2D eigenvalue weighted by atomic mass is 16.5. The molecule has 3 aromatic heterocycles. The van der Waals surface area contributed by atoms with Crippen molar-refractivity contribution < 1.29 is 4.74 Å². The molecule has 0 aliphatic carbocycles. The minimum atomic E-state index is 0.695. The monoisotopic (exact) mass is 319 g/mol. The molecule has 0 spiro atoms. The minimum Gasteiger partial charge on any atom is -0.378 e. The fourth-order valence-electron chi connectivity index (χ4n) is 2.68. The number of pyridine rings is 2. The summed E-state index contributed by atoms with van der Waals surface area (Å²) in [5.41, 5.74) is 2.79. The van der Waals surface area contributed by atoms with Crippen LogP contribution >= 0.6 is 0 Å². The van der Waals surface area contributed by atoms with Gasteiger partial charge in [-0.1, -0.05) is 0 Å². The van der Waals surface area contributed by atoms with Crippen molar-refractivity contribution in [2.75, 3.05) is 31.2 Å². The van der Waals surface area contributed by atoms with Crippen molar-refractivity contribution in [1.29, 1.82) is 0 Å². The van der Waals surface area contributed by atoms with Crippen LogP contribution in [0.4, 0.5) is 5.82 Å². The third-order valence-corrected chi connectivity index (χ3v) is 3.94. The zero-order chi connectivity index (χ0) is 16.2. The molecular formula is C18H17N5O. The van der Waals surface area contributed by atoms with Crippen molar-refractivity contribution in [3.8, 4) is 22.6 Å². The Balaban J connectivity index is 1.81. The lowest BCUT2D eigenvalue weighted by atomic mass is 10.1. The number of rotatable bonds is 3. The van der Waals surface area contributed by atoms with Gasteiger partial charge in [0.1, 0.15) is 5.82 Å². The molecule has 0 aromatic carbocycles. The van der Waals surface area contributed by atoms with Gasteiger partial charge < -0.3 is 9.64 Å². The third-order valence-electron chi connectivity index (χ3n) is 3.94. The third kappa shape index (κ3) is 3.09. The number of anilines is 1. The van der Waals surface area contributed by atoms with E-state index in [0.717, 1.165) is 48.9 Å². The Labute approximate surface area is 140 Å². The van der Waals surface area contributed by atoms with E-state index >= 15 is 0 Å². The molecule has 0 atom stereocenters. The van der Waals surface area contributed by atoms with Crippen molar-refractivity contribution in [1.82, 2.24) is 19.9 Å². The van der Waals surface area contributed by atoms with Gasteiger partial charge in [0.15, 0.2) is 5.82 Å². The number of aromatic nitrogens is 4. The van der Waals surface area contributed by atoms with Crippen LogP contribution in [0.25, 0.3) is 22.6 Å². The molecule has 4 rings (SSSR count). The Morgan fingerprint density at radius 3 is 2.46 bits per heavy atom. The Morgan fingerprint density at radius 1 is 0.875 bits per heavy atom. The molecule has 1 aliphatic heterocycles. The maximum Gasteiger partial charge on any atom is 0.162 e. The summed E-state index contributed by atoms with van der Waals surface area (Å²) in [7, 11) is 0. The predicted molar refractivity (Wildman–Crippen MR) is 91.5 cm³/mol. The maximum atomic E-state index is 5.45. The molecule has 0 bridgehead atoms. The van der Waals surface area contributed by atoms with Crippen molar-refractivity contribution >= 4 is 5.82 Å². The molecule has 0 radical (unpaired) electrons. The SMILES string of the molecule is c1cncc(-c2cc(N3CCOCC3)nc(-c3ccncc3)n2)c1. The smallest absolute Gasteiger partial charge is 0.162 e. The van der Waals surface area contributed by atoms with E-state index < -0.39 is 0 Å².